The molecule has 156 valence electrons. The second kappa shape index (κ2) is 7.99. The highest BCUT2D eigenvalue weighted by molar-refractivity contribution is 6.06. The molecule has 0 aliphatic heterocycles. The van der Waals surface area contributed by atoms with E-state index in [9.17, 15) is 4.79 Å². The fourth-order valence-electron chi connectivity index (χ4n) is 3.79. The fourth-order valence-corrected chi connectivity index (χ4v) is 3.79. The van der Waals surface area contributed by atoms with Crippen LogP contribution in [0.1, 0.15) is 47.8 Å². The Bertz CT molecular complexity index is 1250. The number of ether oxygens (including phenoxy) is 1. The van der Waals surface area contributed by atoms with Gasteiger partial charge in [-0.15, -0.1) is 0 Å². The van der Waals surface area contributed by atoms with E-state index in [2.05, 4.69) is 26.8 Å². The number of carbonyl (C=O) groups excluding carboxylic acids is 1. The summed E-state index contributed by atoms with van der Waals surface area (Å²) in [6.07, 6.45) is 0. The lowest BCUT2D eigenvalue weighted by molar-refractivity contribution is 0.0737. The molecular formula is C28H27NO2. The molecule has 0 radical (unpaired) electrons. The maximum absolute atomic E-state index is 13.3. The second-order valence-electron chi connectivity index (χ2n) is 9.06. The van der Waals surface area contributed by atoms with Crippen LogP contribution in [0.4, 0.5) is 0 Å². The number of aryl methyl sites for hydroxylation is 2. The number of esters is 1. The molecule has 0 spiro atoms. The normalized spacial score (nSPS) is 11.5. The van der Waals surface area contributed by atoms with E-state index in [1.807, 2.05) is 80.6 Å². The van der Waals surface area contributed by atoms with Crippen molar-refractivity contribution in [3.63, 3.8) is 0 Å². The summed E-state index contributed by atoms with van der Waals surface area (Å²) in [4.78, 5) is 18.1. The lowest BCUT2D eigenvalue weighted by Gasteiger charge is -2.19. The van der Waals surface area contributed by atoms with E-state index in [0.717, 1.165) is 33.3 Å². The third-order valence-corrected chi connectivity index (χ3v) is 5.47. The van der Waals surface area contributed by atoms with E-state index in [1.165, 1.54) is 5.56 Å². The third kappa shape index (κ3) is 4.36. The summed E-state index contributed by atoms with van der Waals surface area (Å²) in [6.45, 7) is 10.5. The zero-order valence-electron chi connectivity index (χ0n) is 18.7. The van der Waals surface area contributed by atoms with Crippen LogP contribution < -0.4 is 4.74 Å². The summed E-state index contributed by atoms with van der Waals surface area (Å²) >= 11 is 0. The van der Waals surface area contributed by atoms with E-state index in [-0.39, 0.29) is 11.4 Å². The molecule has 3 heteroatoms. The van der Waals surface area contributed by atoms with Crippen LogP contribution in [-0.2, 0) is 5.41 Å². The molecule has 0 bridgehead atoms. The molecule has 3 aromatic carbocycles. The highest BCUT2D eigenvalue weighted by Crippen LogP contribution is 2.29. The van der Waals surface area contributed by atoms with Crippen LogP contribution >= 0.6 is 0 Å². The zero-order valence-corrected chi connectivity index (χ0v) is 18.7. The number of hydrogen-bond acceptors (Lipinski definition) is 3. The minimum atomic E-state index is -0.377. The van der Waals surface area contributed by atoms with Crippen LogP contribution in [0.15, 0.2) is 72.8 Å². The first kappa shape index (κ1) is 20.8. The highest BCUT2D eigenvalue weighted by Gasteiger charge is 2.18. The molecule has 4 aromatic rings. The standard InChI is InChI=1S/C28H27NO2/c1-18-15-19(2)26-23(16-18)24(17-25(29-26)20-9-7-6-8-10-20)27(30)31-22-13-11-21(12-14-22)28(3,4)5/h6-17H,1-5H3. The number of pyridine rings is 1. The van der Waals surface area contributed by atoms with Gasteiger partial charge in [0.1, 0.15) is 5.75 Å². The topological polar surface area (TPSA) is 39.2 Å². The predicted molar refractivity (Wildman–Crippen MR) is 127 cm³/mol. The molecular weight excluding hydrogens is 382 g/mol. The molecule has 0 atom stereocenters. The van der Waals surface area contributed by atoms with Gasteiger partial charge < -0.3 is 4.74 Å². The van der Waals surface area contributed by atoms with Crippen LogP contribution in [0.2, 0.25) is 0 Å². The van der Waals surface area contributed by atoms with E-state index in [1.54, 1.807) is 0 Å². The van der Waals surface area contributed by atoms with Crippen LogP contribution in [0, 0.1) is 13.8 Å². The van der Waals surface area contributed by atoms with Gasteiger partial charge in [-0.1, -0.05) is 74.9 Å². The summed E-state index contributed by atoms with van der Waals surface area (Å²) in [5.74, 6) is 0.159. The largest absolute Gasteiger partial charge is 0.423 e. The Morgan fingerprint density at radius 1 is 0.871 bits per heavy atom. The Balaban J connectivity index is 1.79. The summed E-state index contributed by atoms with van der Waals surface area (Å²) in [5.41, 5.74) is 6.43. The molecule has 1 aromatic heterocycles. The number of benzene rings is 3. The summed E-state index contributed by atoms with van der Waals surface area (Å²) in [6, 6.07) is 23.6. The minimum absolute atomic E-state index is 0.0451. The average Bonchev–Trinajstić information content (AvgIpc) is 2.73. The molecule has 0 fully saturated rings. The molecule has 0 aliphatic rings. The summed E-state index contributed by atoms with van der Waals surface area (Å²) in [7, 11) is 0. The number of fused-ring (bicyclic) bond motifs is 1. The number of carbonyl (C=O) groups is 1. The SMILES string of the molecule is Cc1cc(C)c2nc(-c3ccccc3)cc(C(=O)Oc3ccc(C(C)(C)C)cc3)c2c1. The maximum atomic E-state index is 13.3. The van der Waals surface area contributed by atoms with Crippen molar-refractivity contribution in [2.45, 2.75) is 40.0 Å². The third-order valence-electron chi connectivity index (χ3n) is 5.47. The summed E-state index contributed by atoms with van der Waals surface area (Å²) < 4.78 is 5.78. The van der Waals surface area contributed by atoms with Crippen molar-refractivity contribution in [3.8, 4) is 17.0 Å². The number of rotatable bonds is 3. The smallest absolute Gasteiger partial charge is 0.344 e. The molecule has 1 heterocycles. The van der Waals surface area contributed by atoms with Gasteiger partial charge in [-0.2, -0.15) is 0 Å². The van der Waals surface area contributed by atoms with E-state index in [4.69, 9.17) is 9.72 Å². The fraction of sp³-hybridized carbons (Fsp3) is 0.214. The molecule has 0 N–H and O–H groups in total. The van der Waals surface area contributed by atoms with Crippen molar-refractivity contribution in [1.82, 2.24) is 4.98 Å². The molecule has 0 unspecified atom stereocenters. The predicted octanol–water partition coefficient (Wildman–Crippen LogP) is 7.04. The van der Waals surface area contributed by atoms with Crippen molar-refractivity contribution < 1.29 is 9.53 Å². The van der Waals surface area contributed by atoms with Crippen LogP contribution in [0.5, 0.6) is 5.75 Å². The van der Waals surface area contributed by atoms with Crippen LogP contribution in [-0.4, -0.2) is 11.0 Å². The van der Waals surface area contributed by atoms with E-state index >= 15 is 0 Å². The van der Waals surface area contributed by atoms with Crippen molar-refractivity contribution in [2.75, 3.05) is 0 Å². The first-order chi connectivity index (χ1) is 14.7. The number of aromatic nitrogens is 1. The highest BCUT2D eigenvalue weighted by atomic mass is 16.5. The average molecular weight is 410 g/mol. The van der Waals surface area contributed by atoms with Gasteiger partial charge in [0, 0.05) is 10.9 Å². The number of nitrogens with zero attached hydrogens (tertiary/aromatic N) is 1. The Kier molecular flexibility index (Phi) is 5.36. The molecule has 31 heavy (non-hydrogen) atoms. The van der Waals surface area contributed by atoms with Crippen LogP contribution in [0.25, 0.3) is 22.2 Å². The van der Waals surface area contributed by atoms with Crippen molar-refractivity contribution in [3.05, 3.63) is 95.1 Å². The van der Waals surface area contributed by atoms with E-state index < -0.39 is 0 Å². The molecule has 4 rings (SSSR count). The Labute approximate surface area is 183 Å². The molecule has 0 aliphatic carbocycles. The summed E-state index contributed by atoms with van der Waals surface area (Å²) in [5, 5.41) is 0.813. The Morgan fingerprint density at radius 2 is 1.55 bits per heavy atom. The van der Waals surface area contributed by atoms with Gasteiger partial charge in [0.05, 0.1) is 16.8 Å². The Morgan fingerprint density at radius 3 is 2.19 bits per heavy atom. The quantitative estimate of drug-likeness (QED) is 0.269. The van der Waals surface area contributed by atoms with Crippen molar-refractivity contribution >= 4 is 16.9 Å². The first-order valence-electron chi connectivity index (χ1n) is 10.5. The second-order valence-corrected chi connectivity index (χ2v) is 9.06. The zero-order chi connectivity index (χ0) is 22.2. The van der Waals surface area contributed by atoms with Crippen LogP contribution in [0.3, 0.4) is 0 Å². The van der Waals surface area contributed by atoms with Gasteiger partial charge in [0.2, 0.25) is 0 Å². The van der Waals surface area contributed by atoms with E-state index in [0.29, 0.717) is 11.3 Å². The van der Waals surface area contributed by atoms with Crippen molar-refractivity contribution in [2.24, 2.45) is 0 Å². The van der Waals surface area contributed by atoms with Crippen molar-refractivity contribution in [1.29, 1.82) is 0 Å². The number of hydrogen-bond donors (Lipinski definition) is 0. The van der Waals surface area contributed by atoms with Gasteiger partial charge in [-0.3, -0.25) is 0 Å². The molecule has 3 nitrogen and oxygen atoms in total. The van der Waals surface area contributed by atoms with Gasteiger partial charge in [-0.25, -0.2) is 9.78 Å². The lowest BCUT2D eigenvalue weighted by atomic mass is 9.87. The maximum Gasteiger partial charge on any atom is 0.344 e. The molecule has 0 amide bonds. The lowest BCUT2D eigenvalue weighted by Crippen LogP contribution is -2.12. The molecule has 0 saturated carbocycles. The van der Waals surface area contributed by atoms with Gasteiger partial charge >= 0.3 is 5.97 Å². The molecule has 0 saturated heterocycles. The Hall–Kier alpha value is -3.46. The van der Waals surface area contributed by atoms with Gasteiger partial charge in [0.25, 0.3) is 0 Å². The minimum Gasteiger partial charge on any atom is -0.423 e. The van der Waals surface area contributed by atoms with Gasteiger partial charge in [0.15, 0.2) is 0 Å². The van der Waals surface area contributed by atoms with Gasteiger partial charge in [-0.05, 0) is 54.7 Å². The monoisotopic (exact) mass is 409 g/mol. The first-order valence-corrected chi connectivity index (χ1v) is 10.5.